The van der Waals surface area contributed by atoms with Gasteiger partial charge in [0.1, 0.15) is 0 Å². The smallest absolute Gasteiger partial charge is 0.0633 e. The topological polar surface area (TPSA) is 24.5 Å². The molecule has 0 bridgehead atoms. The maximum atomic E-state index is 5.27. The maximum absolute atomic E-state index is 5.27. The van der Waals surface area contributed by atoms with Crippen molar-refractivity contribution in [2.45, 2.75) is 38.8 Å². The van der Waals surface area contributed by atoms with Gasteiger partial charge in [0.15, 0.2) is 0 Å². The van der Waals surface area contributed by atoms with E-state index in [9.17, 15) is 0 Å². The Bertz CT molecular complexity index is 144. The average molecular weight is 202 g/mol. The summed E-state index contributed by atoms with van der Waals surface area (Å²) in [6, 6.07) is 0.387. The van der Waals surface area contributed by atoms with Crippen LogP contribution < -0.4 is 5.32 Å². The van der Waals surface area contributed by atoms with Crippen LogP contribution in [0.15, 0.2) is 0 Å². The first-order valence-electron chi connectivity index (χ1n) is 5.42. The molecule has 0 radical (unpaired) electrons. The van der Waals surface area contributed by atoms with E-state index in [0.717, 1.165) is 19.6 Å². The minimum absolute atomic E-state index is 0.159. The fraction of sp³-hybridized carbons (Fsp3) is 1.00. The van der Waals surface area contributed by atoms with E-state index < -0.39 is 0 Å². The number of hydrogen-bond acceptors (Lipinski definition) is 3. The molecule has 0 aliphatic carbocycles. The van der Waals surface area contributed by atoms with Crippen LogP contribution in [0.2, 0.25) is 0 Å². The fourth-order valence-electron chi connectivity index (χ4n) is 1.75. The van der Waals surface area contributed by atoms with Gasteiger partial charge >= 0.3 is 0 Å². The summed E-state index contributed by atoms with van der Waals surface area (Å²) < 4.78 is 5.27. The molecule has 0 amide bonds. The highest BCUT2D eigenvalue weighted by atomic mass is 16.5. The van der Waals surface area contributed by atoms with Crippen LogP contribution in [0.1, 0.15) is 27.2 Å². The molecule has 0 saturated heterocycles. The first-order valence-corrected chi connectivity index (χ1v) is 5.42. The van der Waals surface area contributed by atoms with Crippen LogP contribution in [0.5, 0.6) is 0 Å². The lowest BCUT2D eigenvalue weighted by atomic mass is 9.88. The molecule has 2 unspecified atom stereocenters. The third kappa shape index (κ3) is 3.23. The van der Waals surface area contributed by atoms with Gasteiger partial charge in [0.2, 0.25) is 0 Å². The van der Waals surface area contributed by atoms with Crippen molar-refractivity contribution >= 4 is 0 Å². The molecular formula is C11H26N2O. The van der Waals surface area contributed by atoms with Gasteiger partial charge in [-0.25, -0.2) is 0 Å². The van der Waals surface area contributed by atoms with Gasteiger partial charge in [0.05, 0.1) is 6.61 Å². The summed E-state index contributed by atoms with van der Waals surface area (Å²) in [5.74, 6) is 0. The second-order valence-electron chi connectivity index (χ2n) is 4.17. The molecule has 0 aliphatic rings. The largest absolute Gasteiger partial charge is 0.383 e. The van der Waals surface area contributed by atoms with Crippen molar-refractivity contribution in [3.63, 3.8) is 0 Å². The molecule has 14 heavy (non-hydrogen) atoms. The highest BCUT2D eigenvalue weighted by Crippen LogP contribution is 2.21. The van der Waals surface area contributed by atoms with E-state index in [2.05, 4.69) is 45.1 Å². The molecule has 0 aliphatic heterocycles. The van der Waals surface area contributed by atoms with E-state index in [1.54, 1.807) is 7.11 Å². The Morgan fingerprint density at radius 3 is 2.21 bits per heavy atom. The van der Waals surface area contributed by atoms with Crippen LogP contribution in [0.3, 0.4) is 0 Å². The molecule has 86 valence electrons. The van der Waals surface area contributed by atoms with Gasteiger partial charge in [0.25, 0.3) is 0 Å². The molecule has 0 aromatic carbocycles. The van der Waals surface area contributed by atoms with Crippen molar-refractivity contribution < 1.29 is 4.74 Å². The third-order valence-electron chi connectivity index (χ3n) is 3.27. The van der Waals surface area contributed by atoms with Crippen LogP contribution in [-0.2, 0) is 4.74 Å². The Balaban J connectivity index is 4.55. The van der Waals surface area contributed by atoms with Crippen molar-refractivity contribution in [3.05, 3.63) is 0 Å². The number of nitrogens with one attached hydrogen (secondary N) is 1. The van der Waals surface area contributed by atoms with E-state index in [0.29, 0.717) is 6.04 Å². The van der Waals surface area contributed by atoms with Crippen LogP contribution in [0.4, 0.5) is 0 Å². The zero-order valence-corrected chi connectivity index (χ0v) is 10.6. The summed E-state index contributed by atoms with van der Waals surface area (Å²) >= 11 is 0. The molecule has 0 heterocycles. The molecule has 3 heteroatoms. The number of nitrogens with zero attached hydrogens (tertiary/aromatic N) is 1. The monoisotopic (exact) mass is 202 g/mol. The summed E-state index contributed by atoms with van der Waals surface area (Å²) in [6.07, 6.45) is 1.11. The van der Waals surface area contributed by atoms with Gasteiger partial charge < -0.3 is 15.0 Å². The van der Waals surface area contributed by atoms with Gasteiger partial charge in [-0.1, -0.05) is 13.8 Å². The SMILES string of the molecule is CCNC(COC)C(C)(CC)N(C)C. The molecule has 0 aromatic heterocycles. The number of hydrogen-bond donors (Lipinski definition) is 1. The number of ether oxygens (including phenoxy) is 1. The predicted octanol–water partition coefficient (Wildman–Crippen LogP) is 1.34. The predicted molar refractivity (Wildman–Crippen MR) is 61.7 cm³/mol. The molecule has 1 N–H and O–H groups in total. The van der Waals surface area contributed by atoms with Crippen LogP contribution >= 0.6 is 0 Å². The zero-order valence-electron chi connectivity index (χ0n) is 10.6. The molecule has 0 saturated carbocycles. The standard InChI is InChI=1S/C11H26N2O/c1-7-11(3,13(4)5)10(9-14-6)12-8-2/h10,12H,7-9H2,1-6H3. The lowest BCUT2D eigenvalue weighted by Crippen LogP contribution is -2.58. The lowest BCUT2D eigenvalue weighted by Gasteiger charge is -2.42. The molecule has 0 fully saturated rings. The average Bonchev–Trinajstić information content (AvgIpc) is 2.16. The van der Waals surface area contributed by atoms with Crippen LogP contribution in [0, 0.1) is 0 Å². The summed E-state index contributed by atoms with van der Waals surface area (Å²) in [6.45, 7) is 8.38. The van der Waals surface area contributed by atoms with Crippen molar-refractivity contribution in [2.75, 3.05) is 34.4 Å². The van der Waals surface area contributed by atoms with Gasteiger partial charge in [-0.3, -0.25) is 0 Å². The number of likely N-dealkylation sites (N-methyl/N-ethyl adjacent to an activating group) is 2. The van der Waals surface area contributed by atoms with E-state index >= 15 is 0 Å². The Hall–Kier alpha value is -0.120. The van der Waals surface area contributed by atoms with Gasteiger partial charge in [0, 0.05) is 18.7 Å². The summed E-state index contributed by atoms with van der Waals surface area (Å²) in [4.78, 5) is 2.28. The van der Waals surface area contributed by atoms with E-state index in [-0.39, 0.29) is 5.54 Å². The minimum atomic E-state index is 0.159. The van der Waals surface area contributed by atoms with Crippen molar-refractivity contribution in [3.8, 4) is 0 Å². The fourth-order valence-corrected chi connectivity index (χ4v) is 1.75. The zero-order chi connectivity index (χ0) is 11.2. The normalized spacial score (nSPS) is 18.2. The Labute approximate surface area is 88.8 Å². The molecule has 0 spiro atoms. The molecule has 0 rings (SSSR count). The second kappa shape index (κ2) is 6.38. The quantitative estimate of drug-likeness (QED) is 0.674. The Kier molecular flexibility index (Phi) is 6.33. The van der Waals surface area contributed by atoms with E-state index in [4.69, 9.17) is 4.74 Å². The third-order valence-corrected chi connectivity index (χ3v) is 3.27. The summed E-state index contributed by atoms with van der Waals surface area (Å²) in [5, 5.41) is 3.49. The second-order valence-corrected chi connectivity index (χ2v) is 4.17. The van der Waals surface area contributed by atoms with Gasteiger partial charge in [-0.2, -0.15) is 0 Å². The molecule has 0 aromatic rings. The van der Waals surface area contributed by atoms with Crippen LogP contribution in [-0.4, -0.2) is 50.8 Å². The Morgan fingerprint density at radius 2 is 1.93 bits per heavy atom. The van der Waals surface area contributed by atoms with Crippen molar-refractivity contribution in [1.82, 2.24) is 10.2 Å². The maximum Gasteiger partial charge on any atom is 0.0633 e. The van der Waals surface area contributed by atoms with Crippen molar-refractivity contribution in [2.24, 2.45) is 0 Å². The summed E-state index contributed by atoms with van der Waals surface area (Å²) in [5.41, 5.74) is 0.159. The van der Waals surface area contributed by atoms with Crippen LogP contribution in [0.25, 0.3) is 0 Å². The van der Waals surface area contributed by atoms with Crippen molar-refractivity contribution in [1.29, 1.82) is 0 Å². The Morgan fingerprint density at radius 1 is 1.36 bits per heavy atom. The lowest BCUT2D eigenvalue weighted by molar-refractivity contribution is 0.0577. The van der Waals surface area contributed by atoms with Gasteiger partial charge in [-0.05, 0) is 34.0 Å². The van der Waals surface area contributed by atoms with E-state index in [1.807, 2.05) is 0 Å². The minimum Gasteiger partial charge on any atom is -0.383 e. The molecule has 3 nitrogen and oxygen atoms in total. The summed E-state index contributed by atoms with van der Waals surface area (Å²) in [7, 11) is 6.02. The highest BCUT2D eigenvalue weighted by Gasteiger charge is 2.33. The van der Waals surface area contributed by atoms with E-state index in [1.165, 1.54) is 0 Å². The number of methoxy groups -OCH3 is 1. The van der Waals surface area contributed by atoms with Gasteiger partial charge in [-0.15, -0.1) is 0 Å². The highest BCUT2D eigenvalue weighted by molar-refractivity contribution is 4.93. The number of rotatable bonds is 7. The first-order chi connectivity index (χ1) is 6.52. The first kappa shape index (κ1) is 13.9. The molecular weight excluding hydrogens is 176 g/mol. The molecule has 2 atom stereocenters.